The fourth-order valence-corrected chi connectivity index (χ4v) is 11.2. The monoisotopic (exact) mass is 1100 g/mol. The van der Waals surface area contributed by atoms with Crippen molar-refractivity contribution >= 4 is 17.9 Å². The molecule has 0 aliphatic heterocycles. The van der Waals surface area contributed by atoms with Gasteiger partial charge < -0.3 is 14.2 Å². The molecule has 1 atom stereocenters. The molecule has 0 spiro atoms. The third-order valence-electron chi connectivity index (χ3n) is 16.5. The number of carbonyl (C=O) groups is 3. The standard InChI is InChI=1S/C72H138O6/c1-4-7-10-13-15-17-19-21-23-25-27-29-31-33-35-37-38-40-42-44-46-48-50-52-54-56-59-62-65-71(74)77-68-69(67-76-70(73)64-61-58-12-9-6-3)78-72(75)66-63-60-57-55-53-51-49-47-45-43-41-39-36-34-32-30-28-26-24-22-20-18-16-14-11-8-5-2/h26,28,69H,4-25,27,29-68H2,1-3H3/b28-26-. The maximum Gasteiger partial charge on any atom is 0.306 e. The highest BCUT2D eigenvalue weighted by Crippen LogP contribution is 2.19. The molecule has 0 saturated carbocycles. The minimum atomic E-state index is -0.763. The Morgan fingerprint density at radius 1 is 0.244 bits per heavy atom. The second-order valence-electron chi connectivity index (χ2n) is 24.5. The van der Waals surface area contributed by atoms with E-state index in [0.717, 1.165) is 64.2 Å². The average Bonchev–Trinajstić information content (AvgIpc) is 3.44. The third-order valence-corrected chi connectivity index (χ3v) is 16.5. The first kappa shape index (κ1) is 76.1. The molecule has 462 valence electrons. The summed E-state index contributed by atoms with van der Waals surface area (Å²) in [5.41, 5.74) is 0. The molecule has 6 heteroatoms. The van der Waals surface area contributed by atoms with E-state index in [1.54, 1.807) is 0 Å². The third kappa shape index (κ3) is 65.0. The minimum Gasteiger partial charge on any atom is -0.462 e. The van der Waals surface area contributed by atoms with Crippen molar-refractivity contribution in [3.63, 3.8) is 0 Å². The largest absolute Gasteiger partial charge is 0.462 e. The number of rotatable bonds is 67. The molecule has 0 aromatic rings. The lowest BCUT2D eigenvalue weighted by Crippen LogP contribution is -2.30. The van der Waals surface area contributed by atoms with E-state index in [2.05, 4.69) is 32.9 Å². The lowest BCUT2D eigenvalue weighted by Gasteiger charge is -2.18. The smallest absolute Gasteiger partial charge is 0.306 e. The van der Waals surface area contributed by atoms with E-state index in [0.29, 0.717) is 19.3 Å². The van der Waals surface area contributed by atoms with Gasteiger partial charge in [0.1, 0.15) is 13.2 Å². The van der Waals surface area contributed by atoms with Gasteiger partial charge in [0, 0.05) is 19.3 Å². The van der Waals surface area contributed by atoms with Crippen LogP contribution in [0, 0.1) is 0 Å². The molecule has 0 aliphatic carbocycles. The van der Waals surface area contributed by atoms with Gasteiger partial charge in [-0.25, -0.2) is 0 Å². The molecule has 78 heavy (non-hydrogen) atoms. The fraction of sp³-hybridized carbons (Fsp3) is 0.931. The van der Waals surface area contributed by atoms with E-state index >= 15 is 0 Å². The predicted molar refractivity (Wildman–Crippen MR) is 340 cm³/mol. The van der Waals surface area contributed by atoms with Crippen molar-refractivity contribution in [2.45, 2.75) is 419 Å². The van der Waals surface area contributed by atoms with Gasteiger partial charge in [0.2, 0.25) is 0 Å². The molecule has 0 rings (SSSR count). The van der Waals surface area contributed by atoms with E-state index in [4.69, 9.17) is 14.2 Å². The molecule has 0 radical (unpaired) electrons. The summed E-state index contributed by atoms with van der Waals surface area (Å²) < 4.78 is 16.8. The summed E-state index contributed by atoms with van der Waals surface area (Å²) in [7, 11) is 0. The van der Waals surface area contributed by atoms with E-state index < -0.39 is 6.10 Å². The number of ether oxygens (including phenoxy) is 3. The molecule has 0 saturated heterocycles. The molecule has 0 heterocycles. The Hall–Kier alpha value is -1.85. The van der Waals surface area contributed by atoms with Crippen LogP contribution in [0.4, 0.5) is 0 Å². The molecule has 6 nitrogen and oxygen atoms in total. The van der Waals surface area contributed by atoms with Crippen molar-refractivity contribution in [3.05, 3.63) is 12.2 Å². The zero-order chi connectivity index (χ0) is 56.4. The highest BCUT2D eigenvalue weighted by Gasteiger charge is 2.19. The van der Waals surface area contributed by atoms with Crippen molar-refractivity contribution < 1.29 is 28.6 Å². The van der Waals surface area contributed by atoms with Crippen LogP contribution in [0.2, 0.25) is 0 Å². The molecule has 1 unspecified atom stereocenters. The van der Waals surface area contributed by atoms with E-state index in [-0.39, 0.29) is 31.1 Å². The lowest BCUT2D eigenvalue weighted by molar-refractivity contribution is -0.167. The highest BCUT2D eigenvalue weighted by molar-refractivity contribution is 5.71. The Labute approximate surface area is 488 Å². The quantitative estimate of drug-likeness (QED) is 0.0261. The van der Waals surface area contributed by atoms with Gasteiger partial charge in [-0.3, -0.25) is 14.4 Å². The van der Waals surface area contributed by atoms with Crippen molar-refractivity contribution in [1.82, 2.24) is 0 Å². The van der Waals surface area contributed by atoms with E-state index in [1.165, 1.54) is 308 Å². The van der Waals surface area contributed by atoms with Crippen molar-refractivity contribution in [3.8, 4) is 0 Å². The zero-order valence-corrected chi connectivity index (χ0v) is 53.2. The summed E-state index contributed by atoms with van der Waals surface area (Å²) >= 11 is 0. The number of carbonyl (C=O) groups excluding carboxylic acids is 3. The number of unbranched alkanes of at least 4 members (excludes halogenated alkanes) is 54. The molecule has 0 bridgehead atoms. The first-order valence-electron chi connectivity index (χ1n) is 35.7. The van der Waals surface area contributed by atoms with Crippen LogP contribution in [-0.2, 0) is 28.6 Å². The number of esters is 3. The molecular formula is C72H138O6. The van der Waals surface area contributed by atoms with Gasteiger partial charge in [-0.05, 0) is 44.9 Å². The lowest BCUT2D eigenvalue weighted by atomic mass is 10.0. The molecule has 0 aliphatic rings. The molecule has 0 amide bonds. The van der Waals surface area contributed by atoms with Gasteiger partial charge in [0.15, 0.2) is 6.10 Å². The Balaban J connectivity index is 3.90. The second kappa shape index (κ2) is 67.7. The Morgan fingerprint density at radius 2 is 0.423 bits per heavy atom. The van der Waals surface area contributed by atoms with E-state index in [9.17, 15) is 14.4 Å². The maximum absolute atomic E-state index is 12.9. The Bertz CT molecular complexity index is 1210. The van der Waals surface area contributed by atoms with E-state index in [1.807, 2.05) is 0 Å². The van der Waals surface area contributed by atoms with Crippen molar-refractivity contribution in [1.29, 1.82) is 0 Å². The van der Waals surface area contributed by atoms with Gasteiger partial charge in [-0.15, -0.1) is 0 Å². The van der Waals surface area contributed by atoms with Crippen LogP contribution in [0.15, 0.2) is 12.2 Å². The number of hydrogen-bond acceptors (Lipinski definition) is 6. The normalized spacial score (nSPS) is 12.0. The van der Waals surface area contributed by atoms with Crippen LogP contribution in [0.5, 0.6) is 0 Å². The van der Waals surface area contributed by atoms with Crippen LogP contribution in [0.3, 0.4) is 0 Å². The first-order valence-corrected chi connectivity index (χ1v) is 35.7. The SMILES string of the molecule is CCCCCCCCCC/C=C\CCCCCCCCCCCCCCCCCC(=O)OC(COC(=O)CCCCCCC)COC(=O)CCCCCCCCCCCCCCCCCCCCCCCCCCCCCC. The zero-order valence-electron chi connectivity index (χ0n) is 53.2. The summed E-state index contributed by atoms with van der Waals surface area (Å²) in [5.74, 6) is -0.848. The van der Waals surface area contributed by atoms with Gasteiger partial charge in [-0.2, -0.15) is 0 Å². The first-order chi connectivity index (χ1) is 38.5. The summed E-state index contributed by atoms with van der Waals surface area (Å²) in [6.45, 7) is 6.64. The van der Waals surface area contributed by atoms with Crippen LogP contribution in [0.25, 0.3) is 0 Å². The molecule has 0 aromatic heterocycles. The molecule has 0 fully saturated rings. The van der Waals surface area contributed by atoms with Gasteiger partial charge >= 0.3 is 17.9 Å². The summed E-state index contributed by atoms with van der Waals surface area (Å²) in [6, 6.07) is 0. The highest BCUT2D eigenvalue weighted by atomic mass is 16.6. The summed E-state index contributed by atoms with van der Waals surface area (Å²) in [5, 5.41) is 0. The fourth-order valence-electron chi connectivity index (χ4n) is 11.2. The topological polar surface area (TPSA) is 78.9 Å². The Morgan fingerprint density at radius 3 is 0.641 bits per heavy atom. The molecule has 0 N–H and O–H groups in total. The molecule has 0 aromatic carbocycles. The van der Waals surface area contributed by atoms with Gasteiger partial charge in [-0.1, -0.05) is 360 Å². The van der Waals surface area contributed by atoms with Crippen LogP contribution in [0.1, 0.15) is 412 Å². The van der Waals surface area contributed by atoms with Crippen molar-refractivity contribution in [2.75, 3.05) is 13.2 Å². The number of allylic oxidation sites excluding steroid dienone is 2. The maximum atomic E-state index is 12.9. The van der Waals surface area contributed by atoms with Gasteiger partial charge in [0.25, 0.3) is 0 Å². The Kier molecular flexibility index (Phi) is 66.0. The molecular weight excluding hydrogens is 961 g/mol. The predicted octanol–water partition coefficient (Wildman–Crippen LogP) is 24.4. The minimum absolute atomic E-state index is 0.0641. The summed E-state index contributed by atoms with van der Waals surface area (Å²) in [6.07, 6.45) is 81.7. The number of hydrogen-bond donors (Lipinski definition) is 0. The van der Waals surface area contributed by atoms with Gasteiger partial charge in [0.05, 0.1) is 0 Å². The van der Waals surface area contributed by atoms with Crippen LogP contribution >= 0.6 is 0 Å². The van der Waals surface area contributed by atoms with Crippen LogP contribution < -0.4 is 0 Å². The van der Waals surface area contributed by atoms with Crippen LogP contribution in [-0.4, -0.2) is 37.2 Å². The van der Waals surface area contributed by atoms with Crippen molar-refractivity contribution in [2.24, 2.45) is 0 Å². The average molecular weight is 1100 g/mol. The summed E-state index contributed by atoms with van der Waals surface area (Å²) in [4.78, 5) is 38.0. The second-order valence-corrected chi connectivity index (χ2v) is 24.5.